The number of aliphatic hydroxyl groups is 1. The number of amides is 1. The fourth-order valence-corrected chi connectivity index (χ4v) is 6.81. The van der Waals surface area contributed by atoms with Crippen LogP contribution in [0.3, 0.4) is 0 Å². The van der Waals surface area contributed by atoms with Gasteiger partial charge in [-0.05, 0) is 44.9 Å². The van der Waals surface area contributed by atoms with E-state index in [0.717, 1.165) is 70.6 Å². The first-order chi connectivity index (χ1) is 27.1. The lowest BCUT2D eigenvalue weighted by Gasteiger charge is -2.18. The summed E-state index contributed by atoms with van der Waals surface area (Å²) < 4.78 is 26.8. The lowest BCUT2D eigenvalue weighted by Crippen LogP contribution is -2.43. The second-order valence-electron chi connectivity index (χ2n) is 14.9. The molecule has 0 rings (SSSR count). The van der Waals surface area contributed by atoms with Gasteiger partial charge in [0.05, 0.1) is 13.2 Å². The van der Waals surface area contributed by atoms with Crippen LogP contribution >= 0.6 is 7.82 Å². The Morgan fingerprint density at radius 1 is 0.589 bits per heavy atom. The Morgan fingerprint density at radius 2 is 1.04 bits per heavy atom. The van der Waals surface area contributed by atoms with Crippen molar-refractivity contribution >= 4 is 25.7 Å². The molecular weight excluding hydrogens is 733 g/mol. The Morgan fingerprint density at radius 3 is 1.55 bits per heavy atom. The van der Waals surface area contributed by atoms with E-state index in [0.29, 0.717) is 12.8 Å². The van der Waals surface area contributed by atoms with E-state index >= 15 is 0 Å². The van der Waals surface area contributed by atoms with Crippen LogP contribution in [0.4, 0.5) is 0 Å². The summed E-state index contributed by atoms with van der Waals surface area (Å²) >= 11 is 0. The van der Waals surface area contributed by atoms with Crippen molar-refractivity contribution in [1.29, 1.82) is 0 Å². The highest BCUT2D eigenvalue weighted by molar-refractivity contribution is 7.47. The molecule has 0 aromatic rings. The molecule has 4 N–H and O–H groups in total. The van der Waals surface area contributed by atoms with Crippen LogP contribution in [-0.4, -0.2) is 64.9 Å². The van der Waals surface area contributed by atoms with Gasteiger partial charge in [0.25, 0.3) is 0 Å². The van der Waals surface area contributed by atoms with Gasteiger partial charge in [-0.2, -0.15) is 0 Å². The van der Waals surface area contributed by atoms with Gasteiger partial charge in [0, 0.05) is 12.8 Å². The van der Waals surface area contributed by atoms with E-state index in [9.17, 15) is 34.1 Å². The zero-order valence-corrected chi connectivity index (χ0v) is 36.1. The second kappa shape index (κ2) is 39.5. The van der Waals surface area contributed by atoms with Crippen LogP contribution in [0.25, 0.3) is 0 Å². The summed E-state index contributed by atoms with van der Waals surface area (Å²) in [4.78, 5) is 45.9. The highest BCUT2D eigenvalue weighted by Gasteiger charge is 2.28. The molecule has 0 aromatic heterocycles. The minimum atomic E-state index is -4.76. The fraction of sp³-hybridized carbons (Fsp3) is 0.795. The van der Waals surface area contributed by atoms with Crippen LogP contribution < -0.4 is 5.32 Å². The number of nitrogens with one attached hydrogen (secondary N) is 1. The van der Waals surface area contributed by atoms with Crippen molar-refractivity contribution in [1.82, 2.24) is 5.32 Å². The van der Waals surface area contributed by atoms with Crippen molar-refractivity contribution in [2.24, 2.45) is 0 Å². The zero-order chi connectivity index (χ0) is 41.4. The fourth-order valence-electron chi connectivity index (χ4n) is 6.04. The topological polar surface area (TPSA) is 169 Å². The first-order valence-corrected chi connectivity index (χ1v) is 23.5. The van der Waals surface area contributed by atoms with Crippen molar-refractivity contribution in [2.75, 3.05) is 19.8 Å². The lowest BCUT2D eigenvalue weighted by atomic mass is 10.0. The third-order valence-corrected chi connectivity index (χ3v) is 10.4. The number of hydrogen-bond donors (Lipinski definition) is 4. The molecule has 11 nitrogen and oxygen atoms in total. The van der Waals surface area contributed by atoms with Gasteiger partial charge in [0.15, 0.2) is 6.04 Å². The molecule has 3 unspecified atom stereocenters. The minimum absolute atomic E-state index is 0.148. The van der Waals surface area contributed by atoms with Crippen molar-refractivity contribution in [3.05, 3.63) is 36.5 Å². The monoisotopic (exact) mass is 814 g/mol. The number of carbonyl (C=O) groups excluding carboxylic acids is 2. The predicted molar refractivity (Wildman–Crippen MR) is 226 cm³/mol. The summed E-state index contributed by atoms with van der Waals surface area (Å²) in [5, 5.41) is 21.8. The minimum Gasteiger partial charge on any atom is -0.480 e. The first-order valence-electron chi connectivity index (χ1n) is 22.0. The quantitative estimate of drug-likeness (QED) is 0.0202. The number of phosphoric ester groups is 1. The standard InChI is InChI=1S/C44H80NO10P/c1-3-5-7-9-11-13-15-17-19-20-22-23-25-27-29-31-33-35-42(47)45-41(44(49)50)39-55-56(51,52)54-38-40(46)37-53-43(48)36-34-32-30-28-26-24-21-18-16-14-12-10-8-6-4-2/h6,8,12,14,18,21,40-41,46H,3-5,7,9-11,13,15-17,19-20,22-39H2,1-2H3,(H,45,47)(H,49,50)(H,51,52)/b8-6-,14-12-,21-18-. The van der Waals surface area contributed by atoms with E-state index in [1.54, 1.807) is 0 Å². The number of carboxylic acids is 1. The molecule has 1 amide bonds. The van der Waals surface area contributed by atoms with Crippen LogP contribution in [0.2, 0.25) is 0 Å². The summed E-state index contributed by atoms with van der Waals surface area (Å²) in [6.45, 7) is 2.47. The number of ether oxygens (including phenoxy) is 1. The number of aliphatic carboxylic acids is 1. The Labute approximate surface area is 340 Å². The SMILES string of the molecule is CC/C=C\C/C=C\C/C=C\CCCCCCCC(=O)OCC(O)COP(=O)(O)OCC(NC(=O)CCCCCCCCCCCCCCCCCCC)C(=O)O. The average molecular weight is 814 g/mol. The molecule has 0 aliphatic rings. The summed E-state index contributed by atoms with van der Waals surface area (Å²) in [5.41, 5.74) is 0. The number of hydrogen-bond acceptors (Lipinski definition) is 8. The molecule has 56 heavy (non-hydrogen) atoms. The summed E-state index contributed by atoms with van der Waals surface area (Å²) in [7, 11) is -4.76. The molecule has 0 aromatic carbocycles. The van der Waals surface area contributed by atoms with Crippen LogP contribution in [0.15, 0.2) is 36.5 Å². The van der Waals surface area contributed by atoms with Gasteiger partial charge in [0.2, 0.25) is 5.91 Å². The molecule has 3 atom stereocenters. The normalized spacial score (nSPS) is 14.1. The molecular formula is C44H80NO10P. The summed E-state index contributed by atoms with van der Waals surface area (Å²) in [6, 6.07) is -1.55. The van der Waals surface area contributed by atoms with E-state index in [4.69, 9.17) is 13.8 Å². The molecule has 0 spiro atoms. The first kappa shape index (κ1) is 53.7. The van der Waals surface area contributed by atoms with Gasteiger partial charge in [-0.3, -0.25) is 18.6 Å². The lowest BCUT2D eigenvalue weighted by molar-refractivity contribution is -0.147. The zero-order valence-electron chi connectivity index (χ0n) is 35.2. The van der Waals surface area contributed by atoms with Crippen molar-refractivity contribution < 1.29 is 47.8 Å². The van der Waals surface area contributed by atoms with Gasteiger partial charge in [-0.25, -0.2) is 9.36 Å². The van der Waals surface area contributed by atoms with Crippen LogP contribution in [0.5, 0.6) is 0 Å². The Kier molecular flexibility index (Phi) is 37.9. The van der Waals surface area contributed by atoms with Crippen molar-refractivity contribution in [2.45, 2.75) is 206 Å². The van der Waals surface area contributed by atoms with Gasteiger partial charge in [0.1, 0.15) is 12.7 Å². The van der Waals surface area contributed by atoms with E-state index in [1.165, 1.54) is 83.5 Å². The van der Waals surface area contributed by atoms with Crippen LogP contribution in [0.1, 0.15) is 194 Å². The molecule has 0 fully saturated rings. The maximum Gasteiger partial charge on any atom is 0.472 e. The smallest absolute Gasteiger partial charge is 0.472 e. The predicted octanol–water partition coefficient (Wildman–Crippen LogP) is 11.2. The number of rotatable bonds is 41. The molecule has 0 aliphatic carbocycles. The molecule has 0 heterocycles. The van der Waals surface area contributed by atoms with E-state index < -0.39 is 57.6 Å². The third-order valence-electron chi connectivity index (χ3n) is 9.44. The Balaban J connectivity index is 3.91. The number of phosphoric acid groups is 1. The number of aliphatic hydroxyl groups excluding tert-OH is 1. The summed E-state index contributed by atoms with van der Waals surface area (Å²) in [5.74, 6) is -2.38. The van der Waals surface area contributed by atoms with Crippen LogP contribution in [-0.2, 0) is 32.7 Å². The Hall–Kier alpha value is -2.30. The number of unbranched alkanes of at least 4 members (excludes halogenated alkanes) is 21. The maximum absolute atomic E-state index is 12.3. The highest BCUT2D eigenvalue weighted by atomic mass is 31.2. The van der Waals surface area contributed by atoms with E-state index in [1.807, 2.05) is 0 Å². The second-order valence-corrected chi connectivity index (χ2v) is 16.3. The molecule has 0 bridgehead atoms. The summed E-state index contributed by atoms with van der Waals surface area (Å²) in [6.07, 6.45) is 41.6. The number of esters is 1. The van der Waals surface area contributed by atoms with Crippen molar-refractivity contribution in [3.63, 3.8) is 0 Å². The number of carboxylic acid groups (broad SMARTS) is 1. The van der Waals surface area contributed by atoms with E-state index in [2.05, 4.69) is 55.6 Å². The molecule has 0 saturated carbocycles. The average Bonchev–Trinajstić information content (AvgIpc) is 3.17. The van der Waals surface area contributed by atoms with Crippen molar-refractivity contribution in [3.8, 4) is 0 Å². The highest BCUT2D eigenvalue weighted by Crippen LogP contribution is 2.43. The Bertz CT molecular complexity index is 1100. The molecule has 0 aliphatic heterocycles. The van der Waals surface area contributed by atoms with Gasteiger partial charge < -0.3 is 25.2 Å². The number of allylic oxidation sites excluding steroid dienone is 6. The third kappa shape index (κ3) is 38.6. The molecule has 12 heteroatoms. The van der Waals surface area contributed by atoms with Gasteiger partial charge in [-0.15, -0.1) is 0 Å². The van der Waals surface area contributed by atoms with Crippen LogP contribution in [0, 0.1) is 0 Å². The maximum atomic E-state index is 12.3. The number of carbonyl (C=O) groups is 3. The van der Waals surface area contributed by atoms with Gasteiger partial charge >= 0.3 is 19.8 Å². The molecule has 0 saturated heterocycles. The molecule has 0 radical (unpaired) electrons. The molecule has 326 valence electrons. The van der Waals surface area contributed by atoms with Gasteiger partial charge in [-0.1, -0.05) is 172 Å². The van der Waals surface area contributed by atoms with E-state index in [-0.39, 0.29) is 12.8 Å². The largest absolute Gasteiger partial charge is 0.480 e.